The Kier molecular flexibility index (Phi) is 3.41. The van der Waals surface area contributed by atoms with Crippen LogP contribution >= 0.6 is 11.8 Å². The molecule has 0 amide bonds. The van der Waals surface area contributed by atoms with Gasteiger partial charge in [-0.15, -0.1) is 11.8 Å². The molecule has 82 valence electrons. The van der Waals surface area contributed by atoms with Crippen LogP contribution < -0.4 is 5.32 Å². The van der Waals surface area contributed by atoms with E-state index >= 15 is 0 Å². The Morgan fingerprint density at radius 3 is 2.81 bits per heavy atom. The van der Waals surface area contributed by atoms with Crippen LogP contribution in [0.15, 0.2) is 46.4 Å². The molecule has 0 radical (unpaired) electrons. The maximum Gasteiger partial charge on any atom is 0.208 e. The van der Waals surface area contributed by atoms with Crippen molar-refractivity contribution >= 4 is 29.1 Å². The third-order valence-electron chi connectivity index (χ3n) is 2.05. The number of hydrogen-bond donors (Lipinski definition) is 1. The summed E-state index contributed by atoms with van der Waals surface area (Å²) in [4.78, 5) is 16.0. The molecule has 2 rings (SSSR count). The molecule has 16 heavy (non-hydrogen) atoms. The van der Waals surface area contributed by atoms with E-state index < -0.39 is 0 Å². The van der Waals surface area contributed by atoms with Crippen LogP contribution in [0.4, 0.5) is 5.69 Å². The van der Waals surface area contributed by atoms with Crippen LogP contribution in [-0.2, 0) is 4.79 Å². The van der Waals surface area contributed by atoms with Gasteiger partial charge in [0.05, 0.1) is 11.4 Å². The van der Waals surface area contributed by atoms with Crippen LogP contribution in [0.1, 0.15) is 6.92 Å². The van der Waals surface area contributed by atoms with Gasteiger partial charge in [0.2, 0.25) is 5.78 Å². The fourth-order valence-electron chi connectivity index (χ4n) is 1.32. The predicted molar refractivity (Wildman–Crippen MR) is 67.9 cm³/mol. The fraction of sp³-hybridized carbons (Fsp3) is 0.167. The lowest BCUT2D eigenvalue weighted by Gasteiger charge is -2.05. The van der Waals surface area contributed by atoms with Crippen molar-refractivity contribution in [3.63, 3.8) is 0 Å². The zero-order valence-electron chi connectivity index (χ0n) is 8.93. The molecular weight excluding hydrogens is 220 g/mol. The number of benzene rings is 1. The van der Waals surface area contributed by atoms with Crippen LogP contribution in [0.2, 0.25) is 0 Å². The summed E-state index contributed by atoms with van der Waals surface area (Å²) in [6.45, 7) is 1.92. The molecule has 1 aromatic rings. The van der Waals surface area contributed by atoms with Crippen molar-refractivity contribution in [3.05, 3.63) is 41.4 Å². The summed E-state index contributed by atoms with van der Waals surface area (Å²) in [6, 6.07) is 9.47. The Morgan fingerprint density at radius 2 is 2.06 bits per heavy atom. The highest BCUT2D eigenvalue weighted by molar-refractivity contribution is 8.02. The van der Waals surface area contributed by atoms with Gasteiger partial charge in [-0.1, -0.05) is 18.2 Å². The number of amidine groups is 1. The second-order valence-electron chi connectivity index (χ2n) is 3.46. The highest BCUT2D eigenvalue weighted by Crippen LogP contribution is 2.14. The molecule has 0 bridgehead atoms. The number of ketones is 1. The van der Waals surface area contributed by atoms with Gasteiger partial charge in [-0.2, -0.15) is 0 Å². The number of hydrogen-bond acceptors (Lipinski definition) is 3. The zero-order chi connectivity index (χ0) is 11.4. The van der Waals surface area contributed by atoms with E-state index in [0.717, 1.165) is 11.4 Å². The number of carbonyl (C=O) groups excluding carboxylic acids is 1. The van der Waals surface area contributed by atoms with Gasteiger partial charge in [0.25, 0.3) is 0 Å². The second kappa shape index (κ2) is 4.99. The largest absolute Gasteiger partial charge is 0.341 e. The molecule has 0 fully saturated rings. The second-order valence-corrected chi connectivity index (χ2v) is 4.31. The molecule has 0 atom stereocenters. The van der Waals surface area contributed by atoms with Gasteiger partial charge in [-0.05, 0) is 24.5 Å². The van der Waals surface area contributed by atoms with Crippen molar-refractivity contribution in [3.8, 4) is 0 Å². The average Bonchev–Trinajstić information content (AvgIpc) is 2.43. The molecule has 4 heteroatoms. The molecule has 0 aromatic heterocycles. The molecule has 1 heterocycles. The lowest BCUT2D eigenvalue weighted by Crippen LogP contribution is -2.29. The van der Waals surface area contributed by atoms with Crippen molar-refractivity contribution in [2.24, 2.45) is 4.99 Å². The molecule has 3 nitrogen and oxygen atoms in total. The lowest BCUT2D eigenvalue weighted by molar-refractivity contribution is -0.110. The summed E-state index contributed by atoms with van der Waals surface area (Å²) >= 11 is 1.49. The third kappa shape index (κ3) is 2.73. The Morgan fingerprint density at radius 1 is 1.31 bits per heavy atom. The van der Waals surface area contributed by atoms with Crippen molar-refractivity contribution in [2.75, 3.05) is 5.75 Å². The number of rotatable bonds is 1. The number of aliphatic imine (C=N–C) groups is 1. The molecule has 1 aliphatic heterocycles. The van der Waals surface area contributed by atoms with Crippen molar-refractivity contribution in [2.45, 2.75) is 6.92 Å². The van der Waals surface area contributed by atoms with Crippen molar-refractivity contribution in [1.29, 1.82) is 0 Å². The predicted octanol–water partition coefficient (Wildman–Crippen LogP) is 2.48. The van der Waals surface area contributed by atoms with Gasteiger partial charge >= 0.3 is 0 Å². The number of thioether (sulfide) groups is 1. The van der Waals surface area contributed by atoms with Crippen LogP contribution in [0, 0.1) is 0 Å². The monoisotopic (exact) mass is 232 g/mol. The van der Waals surface area contributed by atoms with Crippen LogP contribution in [0.3, 0.4) is 0 Å². The van der Waals surface area contributed by atoms with E-state index in [9.17, 15) is 4.79 Å². The molecular formula is C12H12N2OS. The topological polar surface area (TPSA) is 41.5 Å². The minimum Gasteiger partial charge on any atom is -0.341 e. The molecule has 1 aliphatic rings. The Balaban J connectivity index is 2.28. The summed E-state index contributed by atoms with van der Waals surface area (Å²) in [6.07, 6.45) is 0. The van der Waals surface area contributed by atoms with Gasteiger partial charge in [-0.25, -0.2) is 4.99 Å². The maximum atomic E-state index is 11.7. The molecule has 0 aliphatic carbocycles. The molecule has 0 unspecified atom stereocenters. The number of Topliss-reactive ketones (excluding diaryl/α,β-unsaturated/α-hetero) is 1. The summed E-state index contributed by atoms with van der Waals surface area (Å²) in [5, 5.41) is 4.95. The summed E-state index contributed by atoms with van der Waals surface area (Å²) in [5.41, 5.74) is 1.74. The van der Waals surface area contributed by atoms with Gasteiger partial charge in [0, 0.05) is 5.70 Å². The zero-order valence-corrected chi connectivity index (χ0v) is 9.75. The van der Waals surface area contributed by atoms with E-state index in [1.807, 2.05) is 42.7 Å². The standard InChI is InChI=1S/C12H12N2OS/c1-9-7-16-8-11(15)12(13-9)14-10-5-3-2-4-6-10/h2-7H,8H2,1H3,(H,13,14). The fourth-order valence-corrected chi connectivity index (χ4v) is 2.00. The molecule has 0 spiro atoms. The van der Waals surface area contributed by atoms with E-state index in [4.69, 9.17) is 0 Å². The van der Waals surface area contributed by atoms with E-state index in [1.165, 1.54) is 11.8 Å². The molecule has 1 aromatic carbocycles. The number of nitrogens with zero attached hydrogens (tertiary/aromatic N) is 1. The highest BCUT2D eigenvalue weighted by Gasteiger charge is 2.14. The maximum absolute atomic E-state index is 11.7. The summed E-state index contributed by atoms with van der Waals surface area (Å²) in [7, 11) is 0. The summed E-state index contributed by atoms with van der Waals surface area (Å²) in [5.74, 6) is 0.891. The Labute approximate surface area is 98.7 Å². The Bertz CT molecular complexity index is 451. The van der Waals surface area contributed by atoms with Crippen LogP contribution in [0.25, 0.3) is 0 Å². The van der Waals surface area contributed by atoms with Crippen LogP contribution in [0.5, 0.6) is 0 Å². The minimum atomic E-state index is 0.0296. The number of allylic oxidation sites excluding steroid dienone is 1. The van der Waals surface area contributed by atoms with Gasteiger partial charge < -0.3 is 5.32 Å². The van der Waals surface area contributed by atoms with Crippen LogP contribution in [-0.4, -0.2) is 17.4 Å². The smallest absolute Gasteiger partial charge is 0.208 e. The first kappa shape index (κ1) is 11.0. The Hall–Kier alpha value is -1.55. The average molecular weight is 232 g/mol. The van der Waals surface area contributed by atoms with Gasteiger partial charge in [0.15, 0.2) is 5.84 Å². The highest BCUT2D eigenvalue weighted by atomic mass is 32.2. The van der Waals surface area contributed by atoms with E-state index in [0.29, 0.717) is 11.6 Å². The van der Waals surface area contributed by atoms with E-state index in [-0.39, 0.29) is 5.78 Å². The first-order chi connectivity index (χ1) is 7.75. The lowest BCUT2D eigenvalue weighted by atomic mass is 10.3. The van der Waals surface area contributed by atoms with Crippen molar-refractivity contribution in [1.82, 2.24) is 5.32 Å². The third-order valence-corrected chi connectivity index (χ3v) is 3.00. The SMILES string of the molecule is CC1=CSCC(=O)C(=Nc2ccccc2)N1. The first-order valence-corrected chi connectivity index (χ1v) is 6.03. The quantitative estimate of drug-likeness (QED) is 0.808. The van der Waals surface area contributed by atoms with Crippen molar-refractivity contribution < 1.29 is 4.79 Å². The van der Waals surface area contributed by atoms with E-state index in [1.54, 1.807) is 0 Å². The number of carbonyl (C=O) groups is 1. The molecule has 0 saturated carbocycles. The normalized spacial score (nSPS) is 18.9. The minimum absolute atomic E-state index is 0.0296. The first-order valence-electron chi connectivity index (χ1n) is 4.98. The molecule has 0 saturated heterocycles. The van der Waals surface area contributed by atoms with Gasteiger partial charge in [-0.3, -0.25) is 4.79 Å². The van der Waals surface area contributed by atoms with E-state index in [2.05, 4.69) is 10.3 Å². The number of nitrogens with one attached hydrogen (secondary N) is 1. The summed E-state index contributed by atoms with van der Waals surface area (Å²) < 4.78 is 0. The van der Waals surface area contributed by atoms with Gasteiger partial charge in [0.1, 0.15) is 0 Å². The number of para-hydroxylation sites is 1. The molecule has 1 N–H and O–H groups in total.